The van der Waals surface area contributed by atoms with E-state index < -0.39 is 5.60 Å². The molecule has 0 spiro atoms. The molecule has 2 rings (SSSR count). The Hall–Kier alpha value is -0.470. The van der Waals surface area contributed by atoms with Gasteiger partial charge in [0, 0.05) is 9.64 Å². The molecular weight excluding hydrogens is 252 g/mol. The van der Waals surface area contributed by atoms with Crippen LogP contribution in [0.1, 0.15) is 58.1 Å². The molecule has 0 saturated carbocycles. The van der Waals surface area contributed by atoms with Gasteiger partial charge in [0.25, 0.3) is 0 Å². The Bertz CT molecular complexity index is 466. The molecule has 0 saturated heterocycles. The van der Waals surface area contributed by atoms with E-state index in [0.29, 0.717) is 5.92 Å². The molecule has 2 atom stereocenters. The maximum atomic E-state index is 11.6. The summed E-state index contributed by atoms with van der Waals surface area (Å²) in [5.74, 6) is 0.336. The van der Waals surface area contributed by atoms with Crippen LogP contribution in [-0.4, -0.2) is 9.85 Å². The van der Waals surface area contributed by atoms with Crippen molar-refractivity contribution in [2.45, 2.75) is 69.1 Å². The van der Waals surface area contributed by atoms with Crippen molar-refractivity contribution in [1.82, 2.24) is 0 Å². The van der Waals surface area contributed by atoms with Gasteiger partial charge in [-0.15, -0.1) is 11.8 Å². The number of hydrogen-bond donors (Lipinski definition) is 1. The highest BCUT2D eigenvalue weighted by atomic mass is 32.2. The number of rotatable bonds is 4. The molecule has 0 amide bonds. The maximum absolute atomic E-state index is 11.6. The van der Waals surface area contributed by atoms with Gasteiger partial charge < -0.3 is 5.11 Å². The first-order valence-electron chi connectivity index (χ1n) is 7.39. The third kappa shape index (κ3) is 2.23. The van der Waals surface area contributed by atoms with Gasteiger partial charge in [0.05, 0.1) is 0 Å². The minimum Gasteiger partial charge on any atom is -0.383 e. The van der Waals surface area contributed by atoms with E-state index in [1.165, 1.54) is 10.5 Å². The molecule has 1 aromatic rings. The van der Waals surface area contributed by atoms with Crippen LogP contribution in [0.3, 0.4) is 0 Å². The highest BCUT2D eigenvalue weighted by Crippen LogP contribution is 2.59. The second-order valence-electron chi connectivity index (χ2n) is 6.27. The Morgan fingerprint density at radius 2 is 1.95 bits per heavy atom. The fourth-order valence-electron chi connectivity index (χ4n) is 3.48. The van der Waals surface area contributed by atoms with Gasteiger partial charge in [-0.05, 0) is 44.7 Å². The molecule has 2 heteroatoms. The molecule has 1 aliphatic rings. The SMILES string of the molecule is CCCC(CC)C1(O)c2cc(C)ccc2SC1(C)C. The van der Waals surface area contributed by atoms with Crippen molar-refractivity contribution < 1.29 is 5.11 Å². The van der Waals surface area contributed by atoms with Crippen LogP contribution in [0.25, 0.3) is 0 Å². The summed E-state index contributed by atoms with van der Waals surface area (Å²) in [4.78, 5) is 1.26. The van der Waals surface area contributed by atoms with Gasteiger partial charge in [-0.3, -0.25) is 0 Å². The van der Waals surface area contributed by atoms with Gasteiger partial charge in [-0.1, -0.05) is 44.4 Å². The second kappa shape index (κ2) is 5.14. The summed E-state index contributed by atoms with van der Waals surface area (Å²) >= 11 is 1.83. The first kappa shape index (κ1) is 14.9. The lowest BCUT2D eigenvalue weighted by atomic mass is 9.70. The van der Waals surface area contributed by atoms with Crippen LogP contribution < -0.4 is 0 Å². The monoisotopic (exact) mass is 278 g/mol. The standard InChI is InChI=1S/C17H26OS/c1-6-8-13(7-2)17(18)14-11-12(3)9-10-15(14)19-16(17,4)5/h9-11,13,18H,6-8H2,1-5H3. The Kier molecular flexibility index (Phi) is 4.04. The molecule has 19 heavy (non-hydrogen) atoms. The fraction of sp³-hybridized carbons (Fsp3) is 0.647. The van der Waals surface area contributed by atoms with E-state index >= 15 is 0 Å². The number of hydrogen-bond acceptors (Lipinski definition) is 2. The molecule has 1 heterocycles. The lowest BCUT2D eigenvalue weighted by Gasteiger charge is -2.42. The summed E-state index contributed by atoms with van der Waals surface area (Å²) in [5, 5.41) is 11.6. The molecule has 0 fully saturated rings. The van der Waals surface area contributed by atoms with Gasteiger partial charge in [0.1, 0.15) is 5.60 Å². The molecule has 2 unspecified atom stereocenters. The molecule has 1 aromatic carbocycles. The molecule has 106 valence electrons. The number of aryl methyl sites for hydroxylation is 1. The van der Waals surface area contributed by atoms with Crippen molar-refractivity contribution >= 4 is 11.8 Å². The molecule has 0 radical (unpaired) electrons. The average Bonchev–Trinajstić information content (AvgIpc) is 2.55. The first-order valence-corrected chi connectivity index (χ1v) is 8.21. The molecule has 0 bridgehead atoms. The quantitative estimate of drug-likeness (QED) is 0.846. The van der Waals surface area contributed by atoms with Gasteiger partial charge in [-0.25, -0.2) is 0 Å². The smallest absolute Gasteiger partial charge is 0.108 e. The third-order valence-electron chi connectivity index (χ3n) is 4.55. The Morgan fingerprint density at radius 3 is 2.53 bits per heavy atom. The average molecular weight is 278 g/mol. The summed E-state index contributed by atoms with van der Waals surface area (Å²) < 4.78 is -0.154. The summed E-state index contributed by atoms with van der Waals surface area (Å²) in [7, 11) is 0. The van der Waals surface area contributed by atoms with Crippen LogP contribution in [0.2, 0.25) is 0 Å². The predicted octanol–water partition coefficient (Wildman–Crippen LogP) is 4.89. The number of benzene rings is 1. The fourth-order valence-corrected chi connectivity index (χ4v) is 4.92. The minimum absolute atomic E-state index is 0.154. The van der Waals surface area contributed by atoms with Crippen molar-refractivity contribution in [3.63, 3.8) is 0 Å². The lowest BCUT2D eigenvalue weighted by molar-refractivity contribution is -0.0534. The van der Waals surface area contributed by atoms with Crippen molar-refractivity contribution in [3.05, 3.63) is 29.3 Å². The molecule has 0 aromatic heterocycles. The topological polar surface area (TPSA) is 20.2 Å². The van der Waals surface area contributed by atoms with Crippen molar-refractivity contribution in [2.75, 3.05) is 0 Å². The van der Waals surface area contributed by atoms with Crippen LogP contribution in [-0.2, 0) is 5.60 Å². The zero-order valence-electron chi connectivity index (χ0n) is 12.8. The normalized spacial score (nSPS) is 26.2. The van der Waals surface area contributed by atoms with Crippen LogP contribution >= 0.6 is 11.8 Å². The number of thioether (sulfide) groups is 1. The second-order valence-corrected chi connectivity index (χ2v) is 7.94. The van der Waals surface area contributed by atoms with Crippen molar-refractivity contribution in [1.29, 1.82) is 0 Å². The molecule has 0 aliphatic carbocycles. The van der Waals surface area contributed by atoms with Gasteiger partial charge >= 0.3 is 0 Å². The van der Waals surface area contributed by atoms with E-state index in [1.807, 2.05) is 11.8 Å². The Labute approximate surface area is 121 Å². The van der Waals surface area contributed by atoms with E-state index in [-0.39, 0.29) is 4.75 Å². The molecule has 1 nitrogen and oxygen atoms in total. The third-order valence-corrected chi connectivity index (χ3v) is 5.95. The van der Waals surface area contributed by atoms with Gasteiger partial charge in [-0.2, -0.15) is 0 Å². The van der Waals surface area contributed by atoms with E-state index in [1.54, 1.807) is 0 Å². The Balaban J connectivity index is 2.56. The zero-order valence-corrected chi connectivity index (χ0v) is 13.6. The van der Waals surface area contributed by atoms with Crippen LogP contribution in [0.5, 0.6) is 0 Å². The van der Waals surface area contributed by atoms with E-state index in [0.717, 1.165) is 24.8 Å². The number of fused-ring (bicyclic) bond motifs is 1. The van der Waals surface area contributed by atoms with E-state index in [9.17, 15) is 5.11 Å². The van der Waals surface area contributed by atoms with Crippen LogP contribution in [0.4, 0.5) is 0 Å². The lowest BCUT2D eigenvalue weighted by Crippen LogP contribution is -2.47. The van der Waals surface area contributed by atoms with Gasteiger partial charge in [0.15, 0.2) is 0 Å². The van der Waals surface area contributed by atoms with Crippen molar-refractivity contribution in [2.24, 2.45) is 5.92 Å². The summed E-state index contributed by atoms with van der Waals surface area (Å²) in [5.41, 5.74) is 1.69. The predicted molar refractivity (Wildman–Crippen MR) is 83.7 cm³/mol. The summed E-state index contributed by atoms with van der Waals surface area (Å²) in [6, 6.07) is 6.51. The first-order chi connectivity index (χ1) is 8.86. The molecule has 1 N–H and O–H groups in total. The number of aliphatic hydroxyl groups is 1. The minimum atomic E-state index is -0.705. The largest absolute Gasteiger partial charge is 0.383 e. The summed E-state index contributed by atoms with van der Waals surface area (Å²) in [6.45, 7) is 10.9. The van der Waals surface area contributed by atoms with Crippen LogP contribution in [0.15, 0.2) is 23.1 Å². The van der Waals surface area contributed by atoms with E-state index in [4.69, 9.17) is 0 Å². The highest BCUT2D eigenvalue weighted by molar-refractivity contribution is 8.01. The van der Waals surface area contributed by atoms with Crippen molar-refractivity contribution in [3.8, 4) is 0 Å². The maximum Gasteiger partial charge on any atom is 0.108 e. The molecule has 1 aliphatic heterocycles. The highest BCUT2D eigenvalue weighted by Gasteiger charge is 2.55. The molecular formula is C17H26OS. The zero-order chi connectivity index (χ0) is 14.3. The van der Waals surface area contributed by atoms with Gasteiger partial charge in [0.2, 0.25) is 0 Å². The summed E-state index contributed by atoms with van der Waals surface area (Å²) in [6.07, 6.45) is 3.24. The van der Waals surface area contributed by atoms with Crippen LogP contribution in [0, 0.1) is 12.8 Å². The Morgan fingerprint density at radius 1 is 1.26 bits per heavy atom. The van der Waals surface area contributed by atoms with E-state index in [2.05, 4.69) is 52.8 Å².